The maximum Gasteiger partial charge on any atom is 0.458 e. The third kappa shape index (κ3) is 6.42. The third-order valence-electron chi connectivity index (χ3n) is 6.08. The van der Waals surface area contributed by atoms with Crippen molar-refractivity contribution >= 4 is 10.8 Å². The average molecular weight is 562 g/mol. The lowest BCUT2D eigenvalue weighted by atomic mass is 9.94. The number of halogens is 9. The average Bonchev–Trinajstić information content (AvgIpc) is 2.82. The molecule has 3 nitrogen and oxygen atoms in total. The van der Waals surface area contributed by atoms with Crippen molar-refractivity contribution in [2.45, 2.75) is 31.2 Å². The summed E-state index contributed by atoms with van der Waals surface area (Å²) in [7, 11) is 1.53. The molecular weight excluding hydrogens is 543 g/mol. The summed E-state index contributed by atoms with van der Waals surface area (Å²) in [6, 6.07) is 4.39. The van der Waals surface area contributed by atoms with Crippen LogP contribution in [0.1, 0.15) is 35.6 Å². The maximum atomic E-state index is 14.9. The zero-order valence-corrected chi connectivity index (χ0v) is 20.1. The summed E-state index contributed by atoms with van der Waals surface area (Å²) in [5, 5.41) is -0.811. The van der Waals surface area contributed by atoms with Crippen molar-refractivity contribution in [3.05, 3.63) is 76.4 Å². The number of benzene rings is 3. The fraction of sp³-hybridized carbons (Fsp3) is 0.333. The number of hydrogen-bond acceptors (Lipinski definition) is 3. The zero-order chi connectivity index (χ0) is 28.5. The summed E-state index contributed by atoms with van der Waals surface area (Å²) in [4.78, 5) is 0. The van der Waals surface area contributed by atoms with Crippen molar-refractivity contribution in [1.82, 2.24) is 0 Å². The van der Waals surface area contributed by atoms with Crippen molar-refractivity contribution in [3.8, 4) is 17.6 Å². The van der Waals surface area contributed by atoms with E-state index < -0.39 is 63.9 Å². The van der Waals surface area contributed by atoms with Crippen molar-refractivity contribution in [1.29, 1.82) is 0 Å². The highest BCUT2D eigenvalue weighted by Gasteiger charge is 2.42. The van der Waals surface area contributed by atoms with Crippen LogP contribution in [0.4, 0.5) is 39.5 Å². The smallest absolute Gasteiger partial charge is 0.429 e. The predicted octanol–water partition coefficient (Wildman–Crippen LogP) is 7.55. The Morgan fingerprint density at radius 1 is 0.923 bits per heavy atom. The van der Waals surface area contributed by atoms with Crippen molar-refractivity contribution in [3.63, 3.8) is 0 Å². The summed E-state index contributed by atoms with van der Waals surface area (Å²) in [5.74, 6) is -4.63. The number of hydrogen-bond donors (Lipinski definition) is 0. The highest BCUT2D eigenvalue weighted by Crippen LogP contribution is 2.39. The number of ether oxygens (including phenoxy) is 3. The van der Waals surface area contributed by atoms with E-state index in [1.165, 1.54) is 13.0 Å². The summed E-state index contributed by atoms with van der Waals surface area (Å²) < 4.78 is 140. The van der Waals surface area contributed by atoms with Crippen LogP contribution in [0.3, 0.4) is 0 Å². The molecule has 1 aliphatic heterocycles. The Bertz CT molecular complexity index is 1410. The Balaban J connectivity index is 1.59. The highest BCUT2D eigenvalue weighted by molar-refractivity contribution is 5.86. The molecule has 0 bridgehead atoms. The zero-order valence-electron chi connectivity index (χ0n) is 20.1. The summed E-state index contributed by atoms with van der Waals surface area (Å²) in [5.41, 5.74) is -2.82. The third-order valence-corrected chi connectivity index (χ3v) is 6.08. The first-order valence-electron chi connectivity index (χ1n) is 11.5. The fourth-order valence-corrected chi connectivity index (χ4v) is 4.31. The van der Waals surface area contributed by atoms with Gasteiger partial charge in [0.15, 0.2) is 0 Å². The number of alkyl halides is 5. The molecule has 0 N–H and O–H groups in total. The van der Waals surface area contributed by atoms with E-state index >= 15 is 0 Å². The van der Waals surface area contributed by atoms with Gasteiger partial charge in [-0.2, -0.15) is 22.0 Å². The number of methoxy groups -OCH3 is 1. The Morgan fingerprint density at radius 2 is 1.62 bits per heavy atom. The lowest BCUT2D eigenvalue weighted by Crippen LogP contribution is -2.27. The largest absolute Gasteiger partial charge is 0.458 e. The molecule has 1 fully saturated rings. The fourth-order valence-electron chi connectivity index (χ4n) is 4.31. The van der Waals surface area contributed by atoms with E-state index in [0.29, 0.717) is 25.5 Å². The molecule has 39 heavy (non-hydrogen) atoms. The van der Waals surface area contributed by atoms with Gasteiger partial charge < -0.3 is 14.2 Å². The molecule has 2 unspecified atom stereocenters. The molecule has 2 atom stereocenters. The van der Waals surface area contributed by atoms with E-state index in [1.54, 1.807) is 0 Å². The van der Waals surface area contributed by atoms with Crippen molar-refractivity contribution in [2.24, 2.45) is 5.92 Å². The summed E-state index contributed by atoms with van der Waals surface area (Å²) in [6.07, 6.45) is -9.22. The lowest BCUT2D eigenvalue weighted by molar-refractivity contribution is -0.189. The van der Waals surface area contributed by atoms with E-state index in [-0.39, 0.29) is 23.5 Å². The molecule has 4 rings (SSSR count). The first-order valence-corrected chi connectivity index (χ1v) is 11.5. The molecule has 208 valence electrons. The first-order chi connectivity index (χ1) is 18.3. The van der Waals surface area contributed by atoms with Gasteiger partial charge in [-0.25, -0.2) is 17.6 Å². The molecule has 1 saturated heterocycles. The monoisotopic (exact) mass is 562 g/mol. The van der Waals surface area contributed by atoms with Crippen LogP contribution in [0.2, 0.25) is 0 Å². The van der Waals surface area contributed by atoms with Crippen molar-refractivity contribution < 1.29 is 53.7 Å². The van der Waals surface area contributed by atoms with Gasteiger partial charge in [0.2, 0.25) is 0 Å². The second kappa shape index (κ2) is 11.0. The molecule has 0 amide bonds. The van der Waals surface area contributed by atoms with Gasteiger partial charge in [-0.15, -0.1) is 0 Å². The van der Waals surface area contributed by atoms with Crippen LogP contribution in [-0.2, 0) is 15.6 Å². The van der Waals surface area contributed by atoms with Crippen LogP contribution >= 0.6 is 0 Å². The van der Waals surface area contributed by atoms with Crippen molar-refractivity contribution in [2.75, 3.05) is 20.3 Å². The summed E-state index contributed by atoms with van der Waals surface area (Å²) >= 11 is 0. The Morgan fingerprint density at radius 3 is 2.21 bits per heavy atom. The Kier molecular flexibility index (Phi) is 8.04. The first kappa shape index (κ1) is 28.6. The quantitative estimate of drug-likeness (QED) is 0.229. The molecule has 0 saturated carbocycles. The van der Waals surface area contributed by atoms with Gasteiger partial charge in [0.25, 0.3) is 0 Å². The molecule has 0 spiro atoms. The van der Waals surface area contributed by atoms with Gasteiger partial charge in [0.05, 0.1) is 24.9 Å². The maximum absolute atomic E-state index is 14.9. The molecule has 1 heterocycles. The Labute approximate surface area is 216 Å². The van der Waals surface area contributed by atoms with Crippen LogP contribution in [0.5, 0.6) is 5.75 Å². The molecule has 1 aliphatic rings. The number of rotatable bonds is 6. The van der Waals surface area contributed by atoms with Crippen LogP contribution in [-0.4, -0.2) is 26.5 Å². The molecule has 0 aromatic heterocycles. The predicted molar refractivity (Wildman–Crippen MR) is 121 cm³/mol. The molecular formula is C27H19F9O3. The molecule has 3 aromatic rings. The topological polar surface area (TPSA) is 27.7 Å². The van der Waals surface area contributed by atoms with Crippen LogP contribution in [0.15, 0.2) is 36.4 Å². The van der Waals surface area contributed by atoms with Crippen LogP contribution in [0, 0.1) is 41.0 Å². The molecule has 0 radical (unpaired) electrons. The SMILES string of the molecule is COCC1CCC(c2cc(F)c(C(F)(F)Oc3ccc4c(F)c(C#CC(F)(F)F)c(F)cc4c3)c(F)c2)OC1. The van der Waals surface area contributed by atoms with Gasteiger partial charge in [-0.05, 0) is 60.2 Å². The highest BCUT2D eigenvalue weighted by atomic mass is 19.4. The second-order valence-electron chi connectivity index (χ2n) is 8.88. The van der Waals surface area contributed by atoms with Gasteiger partial charge in [0.1, 0.15) is 34.6 Å². The van der Waals surface area contributed by atoms with E-state index in [9.17, 15) is 39.5 Å². The minimum atomic E-state index is -5.00. The van der Waals surface area contributed by atoms with Gasteiger partial charge in [-0.1, -0.05) is 5.92 Å². The lowest BCUT2D eigenvalue weighted by Gasteiger charge is -2.29. The van der Waals surface area contributed by atoms with Crippen LogP contribution in [0.25, 0.3) is 10.8 Å². The summed E-state index contributed by atoms with van der Waals surface area (Å²) in [6.45, 7) is 0.710. The van der Waals surface area contributed by atoms with Crippen LogP contribution < -0.4 is 4.74 Å². The molecule has 12 heteroatoms. The van der Waals surface area contributed by atoms with E-state index in [1.807, 2.05) is 0 Å². The number of fused-ring (bicyclic) bond motifs is 1. The van der Waals surface area contributed by atoms with E-state index in [0.717, 1.165) is 36.3 Å². The minimum absolute atomic E-state index is 0.0292. The molecule has 3 aromatic carbocycles. The van der Waals surface area contributed by atoms with Gasteiger partial charge in [0, 0.05) is 24.3 Å². The minimum Gasteiger partial charge on any atom is -0.429 e. The van der Waals surface area contributed by atoms with Gasteiger partial charge >= 0.3 is 12.3 Å². The molecule has 0 aliphatic carbocycles. The van der Waals surface area contributed by atoms with Gasteiger partial charge in [-0.3, -0.25) is 0 Å². The standard InChI is InChI=1S/C27H19F9O3/c1-37-12-14-2-5-23(38-13-14)16-10-21(29)24(22(30)11-16)27(35,36)39-17-3-4-18-15(8-17)9-20(28)19(25(18)31)6-7-26(32,33)34/h3-4,8-11,14,23H,2,5,12-13H2,1H3. The van der Waals surface area contributed by atoms with E-state index in [2.05, 4.69) is 4.74 Å². The van der Waals surface area contributed by atoms with E-state index in [4.69, 9.17) is 9.47 Å². The second-order valence-corrected chi connectivity index (χ2v) is 8.88. The Hall–Kier alpha value is -3.43. The normalized spacial score (nSPS) is 18.1.